The van der Waals surface area contributed by atoms with Gasteiger partial charge in [0.15, 0.2) is 0 Å². The fraction of sp³-hybridized carbons (Fsp3) is 0.615. The Morgan fingerprint density at radius 1 is 1.35 bits per heavy atom. The molecule has 3 heterocycles. The van der Waals surface area contributed by atoms with Crippen LogP contribution in [0.2, 0.25) is 0 Å². The third kappa shape index (κ3) is 1.97. The van der Waals surface area contributed by atoms with Gasteiger partial charge in [0, 0.05) is 18.3 Å². The minimum Gasteiger partial charge on any atom is -0.473 e. The third-order valence-corrected chi connectivity index (χ3v) is 4.13. The number of nitrogens with zero attached hydrogens (tertiary/aromatic N) is 2. The second-order valence-corrected chi connectivity index (χ2v) is 5.16. The number of fused-ring (bicyclic) bond motifs is 2. The van der Waals surface area contributed by atoms with Crippen LogP contribution in [0.25, 0.3) is 0 Å². The molecule has 0 saturated carbocycles. The number of hydrogen-bond acceptors (Lipinski definition) is 4. The summed E-state index contributed by atoms with van der Waals surface area (Å²) in [6.07, 6.45) is 6.82. The zero-order valence-corrected chi connectivity index (χ0v) is 10.2. The lowest BCUT2D eigenvalue weighted by atomic mass is 10.0. The molecule has 0 aromatic carbocycles. The van der Waals surface area contributed by atoms with Gasteiger partial charge in [0.05, 0.1) is 5.69 Å². The second kappa shape index (κ2) is 4.18. The maximum atomic E-state index is 5.95. The Balaban J connectivity index is 1.70. The molecule has 2 N–H and O–H groups in total. The number of pyridine rings is 1. The normalized spacial score (nSPS) is 32.6. The largest absolute Gasteiger partial charge is 0.473 e. The molecule has 4 nitrogen and oxygen atoms in total. The molecule has 2 bridgehead atoms. The standard InChI is InChI=1S/C13H19N3O/c1-16-9-4-5-10(16)8-11(7-9)17-13-12(14)3-2-6-15-13/h2-3,6,9-11H,4-5,7-8,14H2,1H3/t9-,10-/m1/s1. The van der Waals surface area contributed by atoms with E-state index in [1.54, 1.807) is 6.20 Å². The molecule has 0 aliphatic carbocycles. The van der Waals surface area contributed by atoms with Gasteiger partial charge in [-0.1, -0.05) is 0 Å². The molecule has 2 saturated heterocycles. The minimum atomic E-state index is 0.279. The van der Waals surface area contributed by atoms with Crippen LogP contribution in [0.1, 0.15) is 25.7 Å². The monoisotopic (exact) mass is 233 g/mol. The van der Waals surface area contributed by atoms with Crippen molar-refractivity contribution in [2.45, 2.75) is 43.9 Å². The van der Waals surface area contributed by atoms with Crippen molar-refractivity contribution in [3.8, 4) is 5.88 Å². The van der Waals surface area contributed by atoms with Gasteiger partial charge < -0.3 is 15.4 Å². The van der Waals surface area contributed by atoms with Gasteiger partial charge in [-0.3, -0.25) is 0 Å². The van der Waals surface area contributed by atoms with E-state index in [0.29, 0.717) is 23.7 Å². The van der Waals surface area contributed by atoms with Gasteiger partial charge >= 0.3 is 0 Å². The number of hydrogen-bond donors (Lipinski definition) is 1. The van der Waals surface area contributed by atoms with Gasteiger partial charge in [0.1, 0.15) is 6.10 Å². The summed E-state index contributed by atoms with van der Waals surface area (Å²) in [5.74, 6) is 0.599. The summed E-state index contributed by atoms with van der Waals surface area (Å²) >= 11 is 0. The van der Waals surface area contributed by atoms with Gasteiger partial charge in [-0.15, -0.1) is 0 Å². The van der Waals surface area contributed by atoms with Crippen LogP contribution in [0.15, 0.2) is 18.3 Å². The summed E-state index contributed by atoms with van der Waals surface area (Å²) in [5.41, 5.74) is 6.49. The Hall–Kier alpha value is -1.29. The highest BCUT2D eigenvalue weighted by molar-refractivity contribution is 5.46. The Morgan fingerprint density at radius 3 is 2.71 bits per heavy atom. The smallest absolute Gasteiger partial charge is 0.237 e. The molecule has 0 spiro atoms. The van der Waals surface area contributed by atoms with Gasteiger partial charge in [0.2, 0.25) is 5.88 Å². The van der Waals surface area contributed by atoms with Crippen LogP contribution >= 0.6 is 0 Å². The van der Waals surface area contributed by atoms with Crippen molar-refractivity contribution >= 4 is 5.69 Å². The molecule has 2 aliphatic heterocycles. The summed E-state index contributed by atoms with van der Waals surface area (Å²) in [6, 6.07) is 5.04. The van der Waals surface area contributed by atoms with Gasteiger partial charge in [-0.2, -0.15) is 0 Å². The van der Waals surface area contributed by atoms with E-state index in [4.69, 9.17) is 10.5 Å². The SMILES string of the molecule is CN1[C@@H]2CC[C@@H]1CC(Oc1ncccc1N)C2. The first-order valence-electron chi connectivity index (χ1n) is 6.33. The third-order valence-electron chi connectivity index (χ3n) is 4.13. The van der Waals surface area contributed by atoms with Crippen LogP contribution in [0.3, 0.4) is 0 Å². The average molecular weight is 233 g/mol. The number of nitrogen functional groups attached to an aromatic ring is 1. The topological polar surface area (TPSA) is 51.4 Å². The van der Waals surface area contributed by atoms with E-state index in [1.807, 2.05) is 12.1 Å². The fourth-order valence-corrected chi connectivity index (χ4v) is 3.12. The zero-order chi connectivity index (χ0) is 11.8. The summed E-state index contributed by atoms with van der Waals surface area (Å²) in [6.45, 7) is 0. The number of aromatic nitrogens is 1. The molecule has 4 heteroatoms. The summed E-state index contributed by atoms with van der Waals surface area (Å²) < 4.78 is 5.95. The number of anilines is 1. The lowest BCUT2D eigenvalue weighted by molar-refractivity contribution is 0.0638. The molecule has 3 rings (SSSR count). The van der Waals surface area contributed by atoms with Crippen molar-refractivity contribution in [1.29, 1.82) is 0 Å². The predicted octanol–water partition coefficient (Wildman–Crippen LogP) is 1.67. The maximum absolute atomic E-state index is 5.95. The van der Waals surface area contributed by atoms with Crippen LogP contribution in [-0.4, -0.2) is 35.1 Å². The average Bonchev–Trinajstić information content (AvgIpc) is 2.55. The number of piperidine rings is 1. The summed E-state index contributed by atoms with van der Waals surface area (Å²) in [4.78, 5) is 6.70. The van der Waals surface area contributed by atoms with E-state index < -0.39 is 0 Å². The minimum absolute atomic E-state index is 0.279. The Bertz CT molecular complexity index is 395. The molecule has 1 aromatic rings. The molecule has 1 aromatic heterocycles. The highest BCUT2D eigenvalue weighted by Gasteiger charge is 2.39. The van der Waals surface area contributed by atoms with Crippen LogP contribution in [0, 0.1) is 0 Å². The van der Waals surface area contributed by atoms with E-state index in [9.17, 15) is 0 Å². The van der Waals surface area contributed by atoms with Crippen molar-refractivity contribution in [2.24, 2.45) is 0 Å². The van der Waals surface area contributed by atoms with Gasteiger partial charge in [-0.05, 0) is 44.9 Å². The van der Waals surface area contributed by atoms with E-state index in [2.05, 4.69) is 16.9 Å². The van der Waals surface area contributed by atoms with E-state index >= 15 is 0 Å². The molecule has 2 fully saturated rings. The van der Waals surface area contributed by atoms with Crippen molar-refractivity contribution < 1.29 is 4.74 Å². The van der Waals surface area contributed by atoms with Crippen LogP contribution < -0.4 is 10.5 Å². The molecule has 0 unspecified atom stereocenters. The van der Waals surface area contributed by atoms with Crippen molar-refractivity contribution in [3.05, 3.63) is 18.3 Å². The molecular weight excluding hydrogens is 214 g/mol. The predicted molar refractivity (Wildman–Crippen MR) is 66.9 cm³/mol. The first-order chi connectivity index (χ1) is 8.24. The lowest BCUT2D eigenvalue weighted by Gasteiger charge is -2.36. The van der Waals surface area contributed by atoms with E-state index in [0.717, 1.165) is 12.8 Å². The van der Waals surface area contributed by atoms with E-state index in [-0.39, 0.29) is 6.10 Å². The molecule has 92 valence electrons. The first-order valence-corrected chi connectivity index (χ1v) is 6.33. The highest BCUT2D eigenvalue weighted by Crippen LogP contribution is 2.36. The van der Waals surface area contributed by atoms with E-state index in [1.165, 1.54) is 12.8 Å². The van der Waals surface area contributed by atoms with Gasteiger partial charge in [-0.25, -0.2) is 4.98 Å². The second-order valence-electron chi connectivity index (χ2n) is 5.16. The van der Waals surface area contributed by atoms with Crippen LogP contribution in [-0.2, 0) is 0 Å². The Labute approximate surface area is 102 Å². The fourth-order valence-electron chi connectivity index (χ4n) is 3.12. The number of rotatable bonds is 2. The molecule has 0 amide bonds. The summed E-state index contributed by atoms with van der Waals surface area (Å²) in [5, 5.41) is 0. The molecule has 0 radical (unpaired) electrons. The van der Waals surface area contributed by atoms with Crippen molar-refractivity contribution in [3.63, 3.8) is 0 Å². The zero-order valence-electron chi connectivity index (χ0n) is 10.2. The molecule has 17 heavy (non-hydrogen) atoms. The lowest BCUT2D eigenvalue weighted by Crippen LogP contribution is -2.43. The van der Waals surface area contributed by atoms with Crippen LogP contribution in [0.4, 0.5) is 5.69 Å². The quantitative estimate of drug-likeness (QED) is 0.844. The maximum Gasteiger partial charge on any atom is 0.237 e. The van der Waals surface area contributed by atoms with Gasteiger partial charge in [0.25, 0.3) is 0 Å². The number of nitrogens with two attached hydrogens (primary N) is 1. The van der Waals surface area contributed by atoms with Crippen molar-refractivity contribution in [1.82, 2.24) is 9.88 Å². The van der Waals surface area contributed by atoms with Crippen LogP contribution in [0.5, 0.6) is 5.88 Å². The molecule has 2 aliphatic rings. The first kappa shape index (κ1) is 10.8. The molecule has 2 atom stereocenters. The van der Waals surface area contributed by atoms with Crippen molar-refractivity contribution in [2.75, 3.05) is 12.8 Å². The molecular formula is C13H19N3O. The summed E-state index contributed by atoms with van der Waals surface area (Å²) in [7, 11) is 2.23. The number of ether oxygens (including phenoxy) is 1. The Kier molecular flexibility index (Phi) is 2.67. The Morgan fingerprint density at radius 2 is 2.06 bits per heavy atom. The highest BCUT2D eigenvalue weighted by atomic mass is 16.5.